The van der Waals surface area contributed by atoms with E-state index >= 15 is 0 Å². The summed E-state index contributed by atoms with van der Waals surface area (Å²) < 4.78 is 11.2. The van der Waals surface area contributed by atoms with Crippen molar-refractivity contribution < 1.29 is 40.1 Å². The summed E-state index contributed by atoms with van der Waals surface area (Å²) in [5.41, 5.74) is 6.92. The number of benzene rings is 2. The predicted molar refractivity (Wildman–Crippen MR) is 183 cm³/mol. The summed E-state index contributed by atoms with van der Waals surface area (Å²) in [6.45, 7) is 7.31. The number of hydrogen-bond acceptors (Lipinski definition) is 11. The molecule has 3 aromatic rings. The van der Waals surface area contributed by atoms with Crippen molar-refractivity contribution in [3.05, 3.63) is 87.2 Å². The third-order valence-electron chi connectivity index (χ3n) is 8.81. The van der Waals surface area contributed by atoms with Crippen LogP contribution in [0.4, 0.5) is 0 Å². The number of aliphatic hydroxyl groups is 4. The van der Waals surface area contributed by atoms with Crippen molar-refractivity contribution in [2.75, 3.05) is 52.6 Å². The average Bonchev–Trinajstić information content (AvgIpc) is 3.09. The minimum atomic E-state index is -0.697. The maximum absolute atomic E-state index is 11.2. The van der Waals surface area contributed by atoms with Crippen molar-refractivity contribution in [2.45, 2.75) is 78.0 Å². The van der Waals surface area contributed by atoms with Gasteiger partial charge in [-0.3, -0.25) is 14.8 Å². The molecule has 2 aromatic carbocycles. The topological polar surface area (TPSA) is 159 Å². The van der Waals surface area contributed by atoms with Crippen molar-refractivity contribution in [2.24, 2.45) is 0 Å². The van der Waals surface area contributed by atoms with E-state index in [0.29, 0.717) is 24.2 Å². The maximum Gasteiger partial charge on any atom is 0.125 e. The molecule has 0 unspecified atom stereocenters. The largest absolute Gasteiger partial charge is 0.507 e. The van der Waals surface area contributed by atoms with Gasteiger partial charge in [-0.15, -0.1) is 0 Å². The summed E-state index contributed by atoms with van der Waals surface area (Å²) in [6.07, 6.45) is 2.06. The normalized spacial score (nSPS) is 15.4. The zero-order valence-electron chi connectivity index (χ0n) is 28.4. The summed E-state index contributed by atoms with van der Waals surface area (Å²) in [7, 11) is 0. The fraction of sp³-hybridized carbons (Fsp3) is 0.541. The molecule has 0 saturated heterocycles. The molecule has 1 aliphatic rings. The van der Waals surface area contributed by atoms with Crippen molar-refractivity contribution in [1.82, 2.24) is 14.8 Å². The molecule has 48 heavy (non-hydrogen) atoms. The molecule has 11 heteroatoms. The van der Waals surface area contributed by atoms with E-state index < -0.39 is 12.2 Å². The molecule has 1 aromatic heterocycles. The van der Waals surface area contributed by atoms with Crippen LogP contribution in [0.1, 0.15) is 57.6 Å². The zero-order valence-corrected chi connectivity index (χ0v) is 28.4. The standard InChI is InChI=1S/C37H53N3O8/c1-26-14-28(36(45)30(16-26)24-47-34(20-41)21-42)18-39-10-3-4-11-40(13-9-33-7-5-6-32(38-33)8-12-39)19-29-15-27(2)17-31(37(29)46)25-48-35(22-43)23-44/h5-7,14-17,34-35,41-46H,3-4,8-13,18-25H2,1-2H3. The smallest absolute Gasteiger partial charge is 0.125 e. The van der Waals surface area contributed by atoms with Gasteiger partial charge in [-0.2, -0.15) is 0 Å². The Kier molecular flexibility index (Phi) is 15.0. The van der Waals surface area contributed by atoms with Crippen molar-refractivity contribution in [3.63, 3.8) is 0 Å². The van der Waals surface area contributed by atoms with E-state index in [1.165, 1.54) is 0 Å². The van der Waals surface area contributed by atoms with Crippen LogP contribution in [-0.2, 0) is 48.6 Å². The Morgan fingerprint density at radius 3 is 1.42 bits per heavy atom. The van der Waals surface area contributed by atoms with Crippen LogP contribution in [0.25, 0.3) is 0 Å². The highest BCUT2D eigenvalue weighted by atomic mass is 16.5. The summed E-state index contributed by atoms with van der Waals surface area (Å²) >= 11 is 0. The summed E-state index contributed by atoms with van der Waals surface area (Å²) in [4.78, 5) is 9.66. The van der Waals surface area contributed by atoms with Crippen LogP contribution in [-0.4, -0.2) is 110 Å². The third kappa shape index (κ3) is 11.2. The lowest BCUT2D eigenvalue weighted by atomic mass is 10.0. The second kappa shape index (κ2) is 19.2. The molecule has 1 aliphatic heterocycles. The molecule has 264 valence electrons. The molecule has 0 atom stereocenters. The highest BCUT2D eigenvalue weighted by Gasteiger charge is 2.18. The van der Waals surface area contributed by atoms with Crippen LogP contribution in [0.15, 0.2) is 42.5 Å². The van der Waals surface area contributed by atoms with Gasteiger partial charge in [0.15, 0.2) is 0 Å². The Hall–Kier alpha value is -3.13. The number of phenols is 2. The lowest BCUT2D eigenvalue weighted by Crippen LogP contribution is -2.29. The van der Waals surface area contributed by atoms with Crippen LogP contribution in [0.5, 0.6) is 11.5 Å². The summed E-state index contributed by atoms with van der Waals surface area (Å²) in [6, 6.07) is 13.9. The maximum atomic E-state index is 11.2. The number of aromatic hydroxyl groups is 2. The highest BCUT2D eigenvalue weighted by Crippen LogP contribution is 2.29. The molecule has 0 radical (unpaired) electrons. The van der Waals surface area contributed by atoms with Gasteiger partial charge in [0.25, 0.3) is 0 Å². The number of phenolic OH excluding ortho intramolecular Hbond substituents is 2. The molecule has 0 saturated carbocycles. The van der Waals surface area contributed by atoms with E-state index in [4.69, 9.17) is 14.5 Å². The number of fused-ring (bicyclic) bond motifs is 2. The minimum Gasteiger partial charge on any atom is -0.507 e. The van der Waals surface area contributed by atoms with Gasteiger partial charge in [0.2, 0.25) is 0 Å². The number of aliphatic hydroxyl groups excluding tert-OH is 4. The lowest BCUT2D eigenvalue weighted by molar-refractivity contribution is -0.0290. The van der Waals surface area contributed by atoms with Crippen LogP contribution in [0.3, 0.4) is 0 Å². The van der Waals surface area contributed by atoms with Gasteiger partial charge in [-0.05, 0) is 51.9 Å². The fourth-order valence-electron chi connectivity index (χ4n) is 6.12. The van der Waals surface area contributed by atoms with Gasteiger partial charge in [-0.25, -0.2) is 0 Å². The quantitative estimate of drug-likeness (QED) is 0.150. The number of ether oxygens (including phenoxy) is 2. The molecular weight excluding hydrogens is 614 g/mol. The van der Waals surface area contributed by atoms with Crippen LogP contribution < -0.4 is 0 Å². The Morgan fingerprint density at radius 2 is 1.02 bits per heavy atom. The molecule has 0 fully saturated rings. The molecule has 11 nitrogen and oxygen atoms in total. The third-order valence-corrected chi connectivity index (χ3v) is 8.81. The van der Waals surface area contributed by atoms with Crippen molar-refractivity contribution >= 4 is 0 Å². The molecule has 2 heterocycles. The van der Waals surface area contributed by atoms with Gasteiger partial charge < -0.3 is 40.1 Å². The second-order valence-electron chi connectivity index (χ2n) is 12.8. The number of aryl methyl sites for hydroxylation is 2. The highest BCUT2D eigenvalue weighted by molar-refractivity contribution is 5.44. The molecule has 0 spiro atoms. The van der Waals surface area contributed by atoms with Crippen molar-refractivity contribution in [3.8, 4) is 11.5 Å². The first-order valence-electron chi connectivity index (χ1n) is 16.9. The van der Waals surface area contributed by atoms with E-state index in [1.807, 2.05) is 38.1 Å². The first kappa shape index (κ1) is 37.7. The summed E-state index contributed by atoms with van der Waals surface area (Å²) in [5, 5.41) is 59.9. The van der Waals surface area contributed by atoms with Gasteiger partial charge >= 0.3 is 0 Å². The number of rotatable bonds is 14. The van der Waals surface area contributed by atoms with Crippen LogP contribution in [0.2, 0.25) is 0 Å². The molecule has 0 amide bonds. The van der Waals surface area contributed by atoms with Gasteiger partial charge in [0.05, 0.1) is 39.6 Å². The number of pyridine rings is 1. The minimum absolute atomic E-state index is 0.0930. The Balaban J connectivity index is 1.49. The van der Waals surface area contributed by atoms with E-state index in [-0.39, 0.29) is 51.1 Å². The Bertz CT molecular complexity index is 1330. The first-order valence-corrected chi connectivity index (χ1v) is 16.9. The average molecular weight is 668 g/mol. The Morgan fingerprint density at radius 1 is 0.625 bits per heavy atom. The SMILES string of the molecule is Cc1cc(COC(CO)CO)c(O)c(CN2CCCCN(Cc3cc(C)cc(COC(CO)CO)c3O)CCc3cccc(n3)CC2)c1. The van der Waals surface area contributed by atoms with E-state index in [0.717, 1.165) is 85.5 Å². The number of aromatic nitrogens is 1. The van der Waals surface area contributed by atoms with Crippen LogP contribution >= 0.6 is 0 Å². The Labute approximate surface area is 284 Å². The van der Waals surface area contributed by atoms with Crippen LogP contribution in [0, 0.1) is 13.8 Å². The molecule has 2 bridgehead atoms. The van der Waals surface area contributed by atoms with Crippen molar-refractivity contribution in [1.29, 1.82) is 0 Å². The van der Waals surface area contributed by atoms with Gasteiger partial charge in [0.1, 0.15) is 23.7 Å². The number of nitrogens with zero attached hydrogens (tertiary/aromatic N) is 3. The monoisotopic (exact) mass is 667 g/mol. The predicted octanol–water partition coefficient (Wildman–Crippen LogP) is 2.73. The zero-order chi connectivity index (χ0) is 34.5. The molecule has 0 aliphatic carbocycles. The van der Waals surface area contributed by atoms with Gasteiger partial charge in [-0.1, -0.05) is 41.5 Å². The van der Waals surface area contributed by atoms with Gasteiger partial charge in [0, 0.05) is 72.7 Å². The van der Waals surface area contributed by atoms with E-state index in [1.54, 1.807) is 0 Å². The first-order chi connectivity index (χ1) is 23.2. The second-order valence-corrected chi connectivity index (χ2v) is 12.8. The lowest BCUT2D eigenvalue weighted by Gasteiger charge is -2.26. The summed E-state index contributed by atoms with van der Waals surface area (Å²) in [5.74, 6) is 0.353. The molecule has 6 N–H and O–H groups in total. The van der Waals surface area contributed by atoms with E-state index in [2.05, 4.69) is 28.0 Å². The number of hydrogen-bond donors (Lipinski definition) is 6. The van der Waals surface area contributed by atoms with E-state index in [9.17, 15) is 30.6 Å². The fourth-order valence-corrected chi connectivity index (χ4v) is 6.12. The molecule has 4 rings (SSSR count). The molecular formula is C37H53N3O8.